The summed E-state index contributed by atoms with van der Waals surface area (Å²) in [6.07, 6.45) is 4.46. The number of hydrogen-bond acceptors (Lipinski definition) is 7. The maximum atomic E-state index is 11.5. The Morgan fingerprint density at radius 1 is 1.10 bits per heavy atom. The van der Waals surface area contributed by atoms with Crippen molar-refractivity contribution in [2.75, 3.05) is 0 Å². The lowest BCUT2D eigenvalue weighted by molar-refractivity contribution is -0.00804. The molecule has 30 heavy (non-hydrogen) atoms. The van der Waals surface area contributed by atoms with E-state index in [2.05, 4.69) is 6.92 Å². The van der Waals surface area contributed by atoms with E-state index in [1.165, 1.54) is 0 Å². The number of hydrogen-bond donors (Lipinski definition) is 3. The average molecular weight is 461 g/mol. The molecule has 1 aromatic rings. The third kappa shape index (κ3) is 3.98. The van der Waals surface area contributed by atoms with E-state index in [4.69, 9.17) is 18.6 Å². The Morgan fingerprint density at radius 3 is 2.47 bits per heavy atom. The van der Waals surface area contributed by atoms with Gasteiger partial charge in [-0.05, 0) is 85.0 Å². The molecule has 0 radical (unpaired) electrons. The molecule has 1 aromatic carbocycles. The minimum atomic E-state index is -4.18. The van der Waals surface area contributed by atoms with Crippen LogP contribution >= 0.6 is 0 Å². The van der Waals surface area contributed by atoms with E-state index in [1.807, 2.05) is 6.07 Å². The summed E-state index contributed by atoms with van der Waals surface area (Å²) >= 11 is 0. The van der Waals surface area contributed by atoms with Crippen molar-refractivity contribution in [3.8, 4) is 5.75 Å². The van der Waals surface area contributed by atoms with Crippen LogP contribution in [-0.4, -0.2) is 28.0 Å². The van der Waals surface area contributed by atoms with Crippen LogP contribution in [0, 0.1) is 17.3 Å². The van der Waals surface area contributed by atoms with Crippen LogP contribution in [0.5, 0.6) is 5.75 Å². The van der Waals surface area contributed by atoms with Crippen molar-refractivity contribution in [2.45, 2.75) is 64.1 Å². The lowest BCUT2D eigenvalue weighted by Crippen LogP contribution is -2.45. The topological polar surface area (TPSA) is 159 Å². The Hall–Kier alpha value is -1.24. The van der Waals surface area contributed by atoms with Crippen LogP contribution in [0.1, 0.15) is 61.6 Å². The molecule has 0 amide bonds. The highest BCUT2D eigenvalue weighted by Gasteiger charge is 2.56. The largest absolute Gasteiger partial charge is 0.392 e. The maximum absolute atomic E-state index is 11.5. The Kier molecular flexibility index (Phi) is 5.43. The van der Waals surface area contributed by atoms with E-state index in [9.17, 15) is 21.9 Å². The molecule has 5 N–H and O–H groups in total. The van der Waals surface area contributed by atoms with Gasteiger partial charge in [0.25, 0.3) is 0 Å². The van der Waals surface area contributed by atoms with Gasteiger partial charge in [0.2, 0.25) is 0 Å². The van der Waals surface area contributed by atoms with Crippen LogP contribution in [0.25, 0.3) is 0 Å². The number of fused-ring (bicyclic) bond motifs is 5. The van der Waals surface area contributed by atoms with Crippen LogP contribution in [0.2, 0.25) is 0 Å². The van der Waals surface area contributed by atoms with Gasteiger partial charge in [0, 0.05) is 5.56 Å². The molecule has 3 aliphatic carbocycles. The second-order valence-corrected chi connectivity index (χ2v) is 11.3. The normalized spacial score (nSPS) is 33.5. The third-order valence-corrected chi connectivity index (χ3v) is 8.36. The molecule has 9 nitrogen and oxygen atoms in total. The van der Waals surface area contributed by atoms with E-state index in [0.29, 0.717) is 23.8 Å². The molecule has 0 bridgehead atoms. The summed E-state index contributed by atoms with van der Waals surface area (Å²) in [5, 5.41) is 19.9. The number of rotatable bonds is 5. The first-order valence-electron chi connectivity index (χ1n) is 10.1. The van der Waals surface area contributed by atoms with E-state index >= 15 is 0 Å². The minimum absolute atomic E-state index is 0.0698. The van der Waals surface area contributed by atoms with Crippen molar-refractivity contribution < 1.29 is 30.3 Å². The molecule has 5 atom stereocenters. The van der Waals surface area contributed by atoms with Gasteiger partial charge in [-0.3, -0.25) is 4.18 Å². The Morgan fingerprint density at radius 2 is 1.83 bits per heavy atom. The minimum Gasteiger partial charge on any atom is -0.392 e. The molecule has 0 spiro atoms. The van der Waals surface area contributed by atoms with E-state index in [-0.39, 0.29) is 23.7 Å². The van der Waals surface area contributed by atoms with Gasteiger partial charge in [-0.1, -0.05) is 6.92 Å². The predicted octanol–water partition coefficient (Wildman–Crippen LogP) is 1.21. The molecule has 0 heterocycles. The molecule has 168 valence electrons. The highest BCUT2D eigenvalue weighted by Crippen LogP contribution is 2.61. The van der Waals surface area contributed by atoms with Crippen LogP contribution in [-0.2, 0) is 37.8 Å². The van der Waals surface area contributed by atoms with Crippen molar-refractivity contribution in [3.63, 3.8) is 0 Å². The SMILES string of the molecule is CC12CCC3c4cc(CO)c(OS(N)(=O)=O)cc4CCC3C1CCC2OS(N)(=O)=O. The van der Waals surface area contributed by atoms with Crippen LogP contribution in [0.4, 0.5) is 0 Å². The number of benzene rings is 1. The highest BCUT2D eigenvalue weighted by molar-refractivity contribution is 7.84. The number of aryl methyl sites for hydroxylation is 1. The lowest BCUT2D eigenvalue weighted by atomic mass is 9.55. The fourth-order valence-corrected chi connectivity index (χ4v) is 7.29. The van der Waals surface area contributed by atoms with Crippen molar-refractivity contribution >= 4 is 20.6 Å². The first-order chi connectivity index (χ1) is 13.9. The van der Waals surface area contributed by atoms with Gasteiger partial charge in [0.1, 0.15) is 5.75 Å². The van der Waals surface area contributed by atoms with Gasteiger partial charge in [0.05, 0.1) is 12.7 Å². The molecule has 5 unspecified atom stereocenters. The smallest absolute Gasteiger partial charge is 0.380 e. The molecule has 0 saturated heterocycles. The number of nitrogens with two attached hydrogens (primary N) is 2. The fourth-order valence-electron chi connectivity index (χ4n) is 6.24. The predicted molar refractivity (Wildman–Crippen MR) is 109 cm³/mol. The molecular weight excluding hydrogens is 432 g/mol. The zero-order chi connectivity index (χ0) is 21.9. The zero-order valence-corrected chi connectivity index (χ0v) is 18.4. The van der Waals surface area contributed by atoms with Crippen LogP contribution in [0.3, 0.4) is 0 Å². The Labute approximate surface area is 177 Å². The van der Waals surface area contributed by atoms with Gasteiger partial charge in [-0.2, -0.15) is 22.0 Å². The average Bonchev–Trinajstić information content (AvgIpc) is 2.94. The molecule has 2 saturated carbocycles. The van der Waals surface area contributed by atoms with Crippen LogP contribution in [0.15, 0.2) is 12.1 Å². The van der Waals surface area contributed by atoms with Crippen molar-refractivity contribution in [2.24, 2.45) is 27.5 Å². The number of aliphatic hydroxyl groups is 1. The molecular formula is C19H28N2O7S2. The summed E-state index contributed by atoms with van der Waals surface area (Å²) in [5.41, 5.74) is 2.25. The van der Waals surface area contributed by atoms with Gasteiger partial charge in [-0.25, -0.2) is 5.14 Å². The Bertz CT molecular complexity index is 1060. The summed E-state index contributed by atoms with van der Waals surface area (Å²) in [7, 11) is -8.19. The van der Waals surface area contributed by atoms with E-state index in [0.717, 1.165) is 43.2 Å². The quantitative estimate of drug-likeness (QED) is 0.595. The highest BCUT2D eigenvalue weighted by atomic mass is 32.2. The molecule has 4 rings (SSSR count). The van der Waals surface area contributed by atoms with Crippen molar-refractivity contribution in [1.82, 2.24) is 0 Å². The Balaban J connectivity index is 1.65. The van der Waals surface area contributed by atoms with Gasteiger partial charge in [-0.15, -0.1) is 0 Å². The van der Waals surface area contributed by atoms with Crippen molar-refractivity contribution in [3.05, 3.63) is 28.8 Å². The second-order valence-electron chi connectivity index (χ2n) is 9.01. The first kappa shape index (κ1) is 22.0. The zero-order valence-electron chi connectivity index (χ0n) is 16.8. The van der Waals surface area contributed by atoms with Gasteiger partial charge in [0.15, 0.2) is 0 Å². The van der Waals surface area contributed by atoms with Crippen LogP contribution < -0.4 is 14.5 Å². The lowest BCUT2D eigenvalue weighted by Gasteiger charge is -2.50. The standard InChI is InChI=1S/C19H28N2O7S2/c1-19-7-6-13-14(16(19)4-5-18(19)28-30(21,25)26)3-2-11-9-17(27-29(20,23)24)12(10-22)8-15(11)13/h8-9,13-14,16,18,22H,2-7,10H2,1H3,(H2,20,23,24)(H2,21,25,26). The molecule has 3 aliphatic rings. The second kappa shape index (κ2) is 7.42. The summed E-state index contributed by atoms with van der Waals surface area (Å²) in [6, 6.07) is 3.51. The fraction of sp³-hybridized carbons (Fsp3) is 0.684. The molecule has 0 aromatic heterocycles. The summed E-state index contributed by atoms with van der Waals surface area (Å²) in [4.78, 5) is 0. The number of aliphatic hydroxyl groups excluding tert-OH is 1. The molecule has 11 heteroatoms. The summed E-state index contributed by atoms with van der Waals surface area (Å²) in [5.74, 6) is 1.00. The molecule has 0 aliphatic heterocycles. The van der Waals surface area contributed by atoms with Gasteiger partial charge >= 0.3 is 20.6 Å². The first-order valence-corrected chi connectivity index (χ1v) is 13.1. The summed E-state index contributed by atoms with van der Waals surface area (Å²) < 4.78 is 55.9. The molecule has 2 fully saturated rings. The van der Waals surface area contributed by atoms with Crippen molar-refractivity contribution in [1.29, 1.82) is 0 Å². The monoisotopic (exact) mass is 460 g/mol. The van der Waals surface area contributed by atoms with E-state index < -0.39 is 26.7 Å². The van der Waals surface area contributed by atoms with Gasteiger partial charge < -0.3 is 9.29 Å². The summed E-state index contributed by atoms with van der Waals surface area (Å²) in [6.45, 7) is 1.75. The maximum Gasteiger partial charge on any atom is 0.380 e. The van der Waals surface area contributed by atoms with E-state index in [1.54, 1.807) is 6.07 Å². The third-order valence-electron chi connectivity index (χ3n) is 7.45.